The molecule has 0 radical (unpaired) electrons. The fraction of sp³-hybridized carbons (Fsp3) is 0.818. The third-order valence-corrected chi connectivity index (χ3v) is 3.30. The van der Waals surface area contributed by atoms with Crippen LogP contribution in [0.2, 0.25) is 0 Å². The van der Waals surface area contributed by atoms with E-state index in [0.717, 1.165) is 6.54 Å². The zero-order valence-corrected chi connectivity index (χ0v) is 9.94. The van der Waals surface area contributed by atoms with Crippen LogP contribution in [0.25, 0.3) is 0 Å². The minimum absolute atomic E-state index is 0.129. The van der Waals surface area contributed by atoms with Crippen LogP contribution < -0.4 is 11.3 Å². The van der Waals surface area contributed by atoms with E-state index < -0.39 is 0 Å². The molecule has 1 amide bonds. The molecule has 5 nitrogen and oxygen atoms in total. The highest BCUT2D eigenvalue weighted by Gasteiger charge is 2.35. The van der Waals surface area contributed by atoms with Crippen LogP contribution >= 0.6 is 0 Å². The van der Waals surface area contributed by atoms with Crippen molar-refractivity contribution in [1.82, 2.24) is 10.3 Å². The minimum Gasteiger partial charge on any atom is -0.296 e. The lowest BCUT2D eigenvalue weighted by Gasteiger charge is -2.31. The average Bonchev–Trinajstić information content (AvgIpc) is 3.11. The summed E-state index contributed by atoms with van der Waals surface area (Å²) in [6.07, 6.45) is 2.86. The highest BCUT2D eigenvalue weighted by molar-refractivity contribution is 5.78. The lowest BCUT2D eigenvalue weighted by molar-refractivity contribution is -0.126. The molecule has 3 N–H and O–H groups in total. The van der Waals surface area contributed by atoms with Gasteiger partial charge >= 0.3 is 0 Å². The van der Waals surface area contributed by atoms with Gasteiger partial charge in [0.15, 0.2) is 0 Å². The van der Waals surface area contributed by atoms with Gasteiger partial charge in [-0.2, -0.15) is 5.26 Å². The lowest BCUT2D eigenvalue weighted by Crippen LogP contribution is -2.47. The second-order valence-corrected chi connectivity index (χ2v) is 4.41. The molecular weight excluding hydrogens is 204 g/mol. The molecule has 0 aromatic heterocycles. The van der Waals surface area contributed by atoms with Crippen molar-refractivity contribution in [2.45, 2.75) is 45.2 Å². The molecule has 0 spiro atoms. The second-order valence-electron chi connectivity index (χ2n) is 4.41. The van der Waals surface area contributed by atoms with Crippen molar-refractivity contribution in [2.75, 3.05) is 6.54 Å². The van der Waals surface area contributed by atoms with Crippen LogP contribution in [0.3, 0.4) is 0 Å². The monoisotopic (exact) mass is 224 g/mol. The number of nitriles is 1. The summed E-state index contributed by atoms with van der Waals surface area (Å²) in [4.78, 5) is 13.7. The summed E-state index contributed by atoms with van der Waals surface area (Å²) in [5.41, 5.74) is 2.19. The molecule has 0 bridgehead atoms. The maximum absolute atomic E-state index is 11.4. The summed E-state index contributed by atoms with van der Waals surface area (Å²) < 4.78 is 0. The van der Waals surface area contributed by atoms with Gasteiger partial charge in [0.25, 0.3) is 0 Å². The summed E-state index contributed by atoms with van der Waals surface area (Å²) in [6, 6.07) is 2.83. The van der Waals surface area contributed by atoms with E-state index in [2.05, 4.69) is 16.4 Å². The third-order valence-electron chi connectivity index (χ3n) is 3.30. The first-order chi connectivity index (χ1) is 7.61. The summed E-state index contributed by atoms with van der Waals surface area (Å²) in [5, 5.41) is 8.62. The smallest absolute Gasteiger partial charge is 0.238 e. The molecule has 2 atom stereocenters. The molecule has 2 unspecified atom stereocenters. The molecule has 1 rings (SSSR count). The van der Waals surface area contributed by atoms with E-state index in [1.165, 1.54) is 12.8 Å². The number of carbonyl (C=O) groups is 1. The van der Waals surface area contributed by atoms with Crippen molar-refractivity contribution in [3.05, 3.63) is 0 Å². The van der Waals surface area contributed by atoms with Gasteiger partial charge in [-0.15, -0.1) is 0 Å². The van der Waals surface area contributed by atoms with Crippen LogP contribution in [-0.4, -0.2) is 29.4 Å². The molecule has 0 saturated heterocycles. The van der Waals surface area contributed by atoms with Crippen LogP contribution in [0.5, 0.6) is 0 Å². The van der Waals surface area contributed by atoms with E-state index in [0.29, 0.717) is 12.5 Å². The van der Waals surface area contributed by atoms with Gasteiger partial charge in [-0.1, -0.05) is 6.92 Å². The summed E-state index contributed by atoms with van der Waals surface area (Å²) in [7, 11) is 0. The Kier molecular flexibility index (Phi) is 4.71. The number of nitrogens with two attached hydrogens (primary N) is 1. The lowest BCUT2D eigenvalue weighted by atomic mass is 10.0. The molecule has 0 heterocycles. The van der Waals surface area contributed by atoms with Crippen LogP contribution in [-0.2, 0) is 4.79 Å². The van der Waals surface area contributed by atoms with Crippen molar-refractivity contribution in [1.29, 1.82) is 5.26 Å². The zero-order chi connectivity index (χ0) is 12.1. The largest absolute Gasteiger partial charge is 0.296 e. The molecule has 1 saturated carbocycles. The highest BCUT2D eigenvalue weighted by Crippen LogP contribution is 2.30. The minimum atomic E-state index is -0.149. The summed E-state index contributed by atoms with van der Waals surface area (Å²) in [6.45, 7) is 4.63. The molecule has 1 fully saturated rings. The molecule has 5 heteroatoms. The molecule has 1 aliphatic rings. The number of hydrogen-bond acceptors (Lipinski definition) is 4. The third kappa shape index (κ3) is 3.19. The van der Waals surface area contributed by atoms with Gasteiger partial charge in [0.1, 0.15) is 0 Å². The van der Waals surface area contributed by atoms with Gasteiger partial charge in [-0.3, -0.25) is 15.1 Å². The maximum Gasteiger partial charge on any atom is 0.238 e. The van der Waals surface area contributed by atoms with Crippen molar-refractivity contribution in [3.8, 4) is 6.07 Å². The first-order valence-corrected chi connectivity index (χ1v) is 5.75. The molecule has 1 aliphatic carbocycles. The van der Waals surface area contributed by atoms with E-state index in [9.17, 15) is 4.79 Å². The van der Waals surface area contributed by atoms with E-state index in [1.54, 1.807) is 0 Å². The van der Waals surface area contributed by atoms with Gasteiger partial charge in [-0.25, -0.2) is 5.84 Å². The number of nitrogens with one attached hydrogen (secondary N) is 1. The fourth-order valence-electron chi connectivity index (χ4n) is 1.94. The first-order valence-electron chi connectivity index (χ1n) is 5.75. The Bertz CT molecular complexity index is 282. The number of nitrogens with zero attached hydrogens (tertiary/aromatic N) is 2. The van der Waals surface area contributed by atoms with Crippen LogP contribution in [0.15, 0.2) is 0 Å². The van der Waals surface area contributed by atoms with Crippen molar-refractivity contribution >= 4 is 5.91 Å². The predicted octanol–water partition coefficient (Wildman–Crippen LogP) is 0.379. The van der Waals surface area contributed by atoms with Crippen molar-refractivity contribution < 1.29 is 4.79 Å². The fourth-order valence-corrected chi connectivity index (χ4v) is 1.94. The Morgan fingerprint density at radius 2 is 2.25 bits per heavy atom. The van der Waals surface area contributed by atoms with Crippen LogP contribution in [0.4, 0.5) is 0 Å². The molecule has 0 aromatic carbocycles. The Morgan fingerprint density at radius 3 is 2.69 bits per heavy atom. The number of carbonyl (C=O) groups excluding carboxylic acids is 1. The molecule has 0 aliphatic heterocycles. The Morgan fingerprint density at radius 1 is 1.62 bits per heavy atom. The molecule has 0 aromatic rings. The Labute approximate surface area is 96.6 Å². The van der Waals surface area contributed by atoms with Gasteiger partial charge in [0, 0.05) is 25.0 Å². The van der Waals surface area contributed by atoms with Crippen LogP contribution in [0.1, 0.15) is 33.1 Å². The number of rotatable bonds is 6. The number of hydrazine groups is 1. The van der Waals surface area contributed by atoms with Gasteiger partial charge in [0.05, 0.1) is 12.0 Å². The molecule has 16 heavy (non-hydrogen) atoms. The van der Waals surface area contributed by atoms with E-state index in [4.69, 9.17) is 11.1 Å². The standard InChI is InChI=1S/C11H20N4O/c1-8(11(16)14-13)9(2)15(7-3-6-12)10-4-5-10/h8-10H,3-5,7,13H2,1-2H3,(H,14,16). The predicted molar refractivity (Wildman–Crippen MR) is 60.9 cm³/mol. The Balaban J connectivity index is 2.56. The molecular formula is C11H20N4O. The highest BCUT2D eigenvalue weighted by atomic mass is 16.2. The van der Waals surface area contributed by atoms with Crippen LogP contribution in [0, 0.1) is 17.2 Å². The SMILES string of the molecule is CC(C(=O)NN)C(C)N(CCC#N)C1CC1. The topological polar surface area (TPSA) is 82.2 Å². The zero-order valence-electron chi connectivity index (χ0n) is 9.94. The number of amides is 1. The Hall–Kier alpha value is -1.12. The van der Waals surface area contributed by atoms with Crippen molar-refractivity contribution in [2.24, 2.45) is 11.8 Å². The molecule has 90 valence electrons. The summed E-state index contributed by atoms with van der Waals surface area (Å²) >= 11 is 0. The van der Waals surface area contributed by atoms with Crippen molar-refractivity contribution in [3.63, 3.8) is 0 Å². The number of hydrogen-bond donors (Lipinski definition) is 2. The van der Waals surface area contributed by atoms with E-state index in [1.807, 2.05) is 13.8 Å². The second kappa shape index (κ2) is 5.83. The maximum atomic E-state index is 11.4. The van der Waals surface area contributed by atoms with Gasteiger partial charge in [-0.05, 0) is 19.8 Å². The average molecular weight is 224 g/mol. The first kappa shape index (κ1) is 12.9. The summed E-state index contributed by atoms with van der Waals surface area (Å²) in [5.74, 6) is 4.84. The normalized spacial score (nSPS) is 18.9. The van der Waals surface area contributed by atoms with E-state index >= 15 is 0 Å². The van der Waals surface area contributed by atoms with Gasteiger partial charge in [0.2, 0.25) is 5.91 Å². The van der Waals surface area contributed by atoms with E-state index in [-0.39, 0.29) is 17.9 Å². The quantitative estimate of drug-likeness (QED) is 0.388. The van der Waals surface area contributed by atoms with Gasteiger partial charge < -0.3 is 0 Å².